The minimum atomic E-state index is -0.837. The zero-order valence-electron chi connectivity index (χ0n) is 12.4. The lowest BCUT2D eigenvalue weighted by Gasteiger charge is -2.30. The number of carboxylic acid groups (broad SMARTS) is 1. The molecule has 0 aromatic heterocycles. The van der Waals surface area contributed by atoms with E-state index in [4.69, 9.17) is 5.73 Å². The minimum Gasteiger partial charge on any atom is -0.478 e. The molecule has 0 heterocycles. The van der Waals surface area contributed by atoms with Crippen LogP contribution >= 0.6 is 0 Å². The molecule has 0 aliphatic heterocycles. The van der Waals surface area contributed by atoms with Crippen LogP contribution in [-0.4, -0.2) is 17.1 Å². The maximum Gasteiger partial charge on any atom is 0.336 e. The predicted octanol–water partition coefficient (Wildman–Crippen LogP) is 3.67. The molecule has 3 N–H and O–H groups in total. The summed E-state index contributed by atoms with van der Waals surface area (Å²) in [4.78, 5) is 12.0. The molecule has 1 saturated carbocycles. The lowest BCUT2D eigenvalue weighted by molar-refractivity contribution is -0.130. The summed E-state index contributed by atoms with van der Waals surface area (Å²) in [6.07, 6.45) is 4.23. The topological polar surface area (TPSA) is 63.3 Å². The smallest absolute Gasteiger partial charge is 0.336 e. The number of carbonyl (C=O) groups is 1. The Morgan fingerprint density at radius 3 is 2.41 bits per heavy atom. The summed E-state index contributed by atoms with van der Waals surface area (Å²) in [5.74, 6) is -0.686. The average Bonchev–Trinajstić information content (AvgIpc) is 2.85. The summed E-state index contributed by atoms with van der Waals surface area (Å²) < 4.78 is 0. The molecule has 4 rings (SSSR count). The molecule has 2 aliphatic carbocycles. The maximum absolute atomic E-state index is 12.0. The molecule has 112 valence electrons. The highest BCUT2D eigenvalue weighted by Gasteiger charge is 2.35. The van der Waals surface area contributed by atoms with Crippen LogP contribution in [0.5, 0.6) is 0 Å². The van der Waals surface area contributed by atoms with Gasteiger partial charge in [-0.2, -0.15) is 0 Å². The maximum atomic E-state index is 12.0. The van der Waals surface area contributed by atoms with Crippen molar-refractivity contribution >= 4 is 27.9 Å². The number of benzene rings is 2. The minimum absolute atomic E-state index is 0.0580. The summed E-state index contributed by atoms with van der Waals surface area (Å²) in [6, 6.07) is 12.1. The van der Waals surface area contributed by atoms with Crippen LogP contribution in [0, 0.1) is 5.92 Å². The van der Waals surface area contributed by atoms with Gasteiger partial charge in [0.1, 0.15) is 0 Å². The average molecular weight is 293 g/mol. The van der Waals surface area contributed by atoms with E-state index in [1.807, 2.05) is 30.3 Å². The Morgan fingerprint density at radius 1 is 1.05 bits per heavy atom. The van der Waals surface area contributed by atoms with Crippen molar-refractivity contribution in [3.05, 3.63) is 47.5 Å². The summed E-state index contributed by atoms with van der Waals surface area (Å²) in [5, 5.41) is 12.0. The Bertz CT molecular complexity index is 801. The Labute approximate surface area is 129 Å². The predicted molar refractivity (Wildman–Crippen MR) is 88.3 cm³/mol. The third kappa shape index (κ3) is 1.82. The van der Waals surface area contributed by atoms with Crippen molar-refractivity contribution in [1.82, 2.24) is 0 Å². The van der Waals surface area contributed by atoms with Gasteiger partial charge in [-0.3, -0.25) is 0 Å². The lowest BCUT2D eigenvalue weighted by Crippen LogP contribution is -2.34. The highest BCUT2D eigenvalue weighted by atomic mass is 16.4. The van der Waals surface area contributed by atoms with Crippen molar-refractivity contribution in [1.29, 1.82) is 0 Å². The second kappa shape index (κ2) is 4.96. The first kappa shape index (κ1) is 13.5. The van der Waals surface area contributed by atoms with E-state index in [2.05, 4.69) is 6.07 Å². The molecular weight excluding hydrogens is 274 g/mol. The third-order valence-corrected chi connectivity index (χ3v) is 5.14. The Hall–Kier alpha value is -2.13. The number of rotatable bonds is 2. The van der Waals surface area contributed by atoms with Crippen molar-refractivity contribution in [2.24, 2.45) is 11.7 Å². The molecular formula is C19H19NO2. The van der Waals surface area contributed by atoms with E-state index in [9.17, 15) is 9.90 Å². The Balaban J connectivity index is 2.00. The van der Waals surface area contributed by atoms with Gasteiger partial charge in [0.05, 0.1) is 5.57 Å². The first-order valence-electron chi connectivity index (χ1n) is 7.94. The van der Waals surface area contributed by atoms with Crippen LogP contribution < -0.4 is 5.73 Å². The Morgan fingerprint density at radius 2 is 1.73 bits per heavy atom. The van der Waals surface area contributed by atoms with Gasteiger partial charge >= 0.3 is 5.97 Å². The fourth-order valence-corrected chi connectivity index (χ4v) is 4.19. The SMILES string of the molecule is N[C@@H]1CCCC[C@H]1C1=C(C(=O)O)c2cccc3cccc1c23. The molecule has 3 heteroatoms. The molecule has 1 fully saturated rings. The van der Waals surface area contributed by atoms with E-state index >= 15 is 0 Å². The van der Waals surface area contributed by atoms with E-state index in [1.165, 1.54) is 0 Å². The number of nitrogens with two attached hydrogens (primary N) is 1. The van der Waals surface area contributed by atoms with Crippen molar-refractivity contribution in [2.75, 3.05) is 0 Å². The molecule has 0 spiro atoms. The van der Waals surface area contributed by atoms with Gasteiger partial charge in [-0.05, 0) is 40.3 Å². The van der Waals surface area contributed by atoms with Gasteiger partial charge in [-0.15, -0.1) is 0 Å². The van der Waals surface area contributed by atoms with Crippen molar-refractivity contribution in [2.45, 2.75) is 31.7 Å². The fourth-order valence-electron chi connectivity index (χ4n) is 4.19. The molecule has 22 heavy (non-hydrogen) atoms. The van der Waals surface area contributed by atoms with Crippen LogP contribution in [-0.2, 0) is 4.79 Å². The van der Waals surface area contributed by atoms with Crippen LogP contribution in [0.15, 0.2) is 36.4 Å². The molecule has 2 aliphatic rings. The molecule has 0 radical (unpaired) electrons. The van der Waals surface area contributed by atoms with Gasteiger partial charge in [-0.1, -0.05) is 49.2 Å². The number of carboxylic acids is 1. The van der Waals surface area contributed by atoms with Crippen LogP contribution in [0.25, 0.3) is 21.9 Å². The summed E-state index contributed by atoms with van der Waals surface area (Å²) in [5.41, 5.74) is 9.72. The van der Waals surface area contributed by atoms with Gasteiger partial charge in [0.2, 0.25) is 0 Å². The number of hydrogen-bond acceptors (Lipinski definition) is 2. The number of hydrogen-bond donors (Lipinski definition) is 2. The van der Waals surface area contributed by atoms with Gasteiger partial charge in [0.25, 0.3) is 0 Å². The summed E-state index contributed by atoms with van der Waals surface area (Å²) in [7, 11) is 0. The van der Waals surface area contributed by atoms with E-state index in [1.54, 1.807) is 0 Å². The van der Waals surface area contributed by atoms with Gasteiger partial charge < -0.3 is 10.8 Å². The lowest BCUT2D eigenvalue weighted by atomic mass is 9.77. The quantitative estimate of drug-likeness (QED) is 0.888. The number of aliphatic carboxylic acids is 1. The highest BCUT2D eigenvalue weighted by molar-refractivity contribution is 6.32. The molecule has 2 aromatic rings. The first-order chi connectivity index (χ1) is 10.7. The molecule has 2 aromatic carbocycles. The zero-order chi connectivity index (χ0) is 15.3. The van der Waals surface area contributed by atoms with Crippen molar-refractivity contribution < 1.29 is 9.90 Å². The largest absolute Gasteiger partial charge is 0.478 e. The van der Waals surface area contributed by atoms with Crippen LogP contribution in [0.2, 0.25) is 0 Å². The molecule has 3 nitrogen and oxygen atoms in total. The molecule has 0 bridgehead atoms. The molecule has 0 amide bonds. The van der Waals surface area contributed by atoms with E-state index < -0.39 is 5.97 Å². The van der Waals surface area contributed by atoms with Crippen LogP contribution in [0.3, 0.4) is 0 Å². The van der Waals surface area contributed by atoms with Crippen LogP contribution in [0.1, 0.15) is 36.8 Å². The molecule has 0 unspecified atom stereocenters. The van der Waals surface area contributed by atoms with Crippen molar-refractivity contribution in [3.63, 3.8) is 0 Å². The normalized spacial score (nSPS) is 24.0. The Kier molecular flexibility index (Phi) is 3.05. The fraction of sp³-hybridized carbons (Fsp3) is 0.316. The molecule has 0 saturated heterocycles. The van der Waals surface area contributed by atoms with Crippen LogP contribution in [0.4, 0.5) is 0 Å². The first-order valence-corrected chi connectivity index (χ1v) is 7.94. The van der Waals surface area contributed by atoms with E-state index in [-0.39, 0.29) is 12.0 Å². The molecule has 2 atom stereocenters. The monoisotopic (exact) mass is 293 g/mol. The third-order valence-electron chi connectivity index (χ3n) is 5.14. The standard InChI is InChI=1S/C19H19NO2/c20-15-10-2-1-7-12(15)17-13-8-3-5-11-6-4-9-14(16(11)13)18(17)19(21)22/h3-6,8-9,12,15H,1-2,7,10,20H2,(H,21,22)/t12-,15-/m1/s1. The zero-order valence-corrected chi connectivity index (χ0v) is 12.4. The second-order valence-electron chi connectivity index (χ2n) is 6.36. The summed E-state index contributed by atoms with van der Waals surface area (Å²) >= 11 is 0. The van der Waals surface area contributed by atoms with Gasteiger partial charge in [0.15, 0.2) is 0 Å². The van der Waals surface area contributed by atoms with E-state index in [0.29, 0.717) is 5.57 Å². The highest BCUT2D eigenvalue weighted by Crippen LogP contribution is 2.48. The van der Waals surface area contributed by atoms with Gasteiger partial charge in [0, 0.05) is 12.0 Å². The van der Waals surface area contributed by atoms with Gasteiger partial charge in [-0.25, -0.2) is 4.79 Å². The van der Waals surface area contributed by atoms with E-state index in [0.717, 1.165) is 53.2 Å². The summed E-state index contributed by atoms with van der Waals surface area (Å²) in [6.45, 7) is 0. The van der Waals surface area contributed by atoms with Crippen molar-refractivity contribution in [3.8, 4) is 0 Å². The second-order valence-corrected chi connectivity index (χ2v) is 6.36.